The summed E-state index contributed by atoms with van der Waals surface area (Å²) < 4.78 is 8.54. The quantitative estimate of drug-likeness (QED) is 0.782. The highest BCUT2D eigenvalue weighted by Gasteiger charge is 2.18. The summed E-state index contributed by atoms with van der Waals surface area (Å²) in [6, 6.07) is 8.45. The lowest BCUT2D eigenvalue weighted by Crippen LogP contribution is -2.23. The fourth-order valence-corrected chi connectivity index (χ4v) is 2.81. The minimum Gasteiger partial charge on any atom is -0.305 e. The fourth-order valence-electron chi connectivity index (χ4n) is 2.36. The smallest absolute Gasteiger partial charge is 0.0957 e. The van der Waals surface area contributed by atoms with Gasteiger partial charge < -0.3 is 5.32 Å². The minimum atomic E-state index is 0.0831. The van der Waals surface area contributed by atoms with E-state index in [9.17, 15) is 0 Å². The molecule has 2 heterocycles. The van der Waals surface area contributed by atoms with Crippen molar-refractivity contribution < 1.29 is 0 Å². The van der Waals surface area contributed by atoms with Gasteiger partial charge in [0.25, 0.3) is 0 Å². The van der Waals surface area contributed by atoms with Crippen LogP contribution in [0.3, 0.4) is 0 Å². The molecule has 0 spiro atoms. The van der Waals surface area contributed by atoms with E-state index in [2.05, 4.69) is 50.2 Å². The lowest BCUT2D eigenvalue weighted by Gasteiger charge is -2.18. The Labute approximate surface area is 122 Å². The minimum absolute atomic E-state index is 0.0831. The van der Waals surface area contributed by atoms with Gasteiger partial charge in [-0.25, -0.2) is 0 Å². The zero-order chi connectivity index (χ0) is 13.8. The van der Waals surface area contributed by atoms with Crippen molar-refractivity contribution in [1.29, 1.82) is 0 Å². The van der Waals surface area contributed by atoms with Gasteiger partial charge in [0.2, 0.25) is 0 Å². The number of hydrogen-bond donors (Lipinski definition) is 1. The SMILES string of the molecule is CCCNC(c1cnsn1)c1cccc2cnccc12. The van der Waals surface area contributed by atoms with Gasteiger partial charge in [-0.3, -0.25) is 4.98 Å². The summed E-state index contributed by atoms with van der Waals surface area (Å²) in [7, 11) is 0. The molecule has 1 atom stereocenters. The predicted octanol–water partition coefficient (Wildman–Crippen LogP) is 3.18. The topological polar surface area (TPSA) is 50.7 Å². The largest absolute Gasteiger partial charge is 0.305 e. The van der Waals surface area contributed by atoms with Crippen LogP contribution in [0.25, 0.3) is 10.8 Å². The molecular weight excluding hydrogens is 268 g/mol. The molecule has 4 nitrogen and oxygen atoms in total. The highest BCUT2D eigenvalue weighted by atomic mass is 32.1. The third-order valence-electron chi connectivity index (χ3n) is 3.30. The van der Waals surface area contributed by atoms with Crippen molar-refractivity contribution in [2.75, 3.05) is 6.54 Å². The Morgan fingerprint density at radius 1 is 1.25 bits per heavy atom. The molecule has 1 aromatic carbocycles. The molecule has 0 aliphatic heterocycles. The Morgan fingerprint density at radius 3 is 3.00 bits per heavy atom. The molecule has 0 aliphatic carbocycles. The van der Waals surface area contributed by atoms with E-state index in [4.69, 9.17) is 0 Å². The Kier molecular flexibility index (Phi) is 3.99. The molecule has 3 aromatic rings. The van der Waals surface area contributed by atoms with Crippen molar-refractivity contribution in [3.8, 4) is 0 Å². The molecule has 0 radical (unpaired) electrons. The summed E-state index contributed by atoms with van der Waals surface area (Å²) in [5.74, 6) is 0. The second-order valence-corrected chi connectivity index (χ2v) is 5.22. The predicted molar refractivity (Wildman–Crippen MR) is 81.8 cm³/mol. The lowest BCUT2D eigenvalue weighted by atomic mass is 9.98. The standard InChI is InChI=1S/C15H16N4S/c1-2-7-17-15(14-10-18-20-19-14)13-5-3-4-11-9-16-8-6-12(11)13/h3-6,8-10,15,17H,2,7H2,1H3. The summed E-state index contributed by atoms with van der Waals surface area (Å²) in [4.78, 5) is 4.19. The highest BCUT2D eigenvalue weighted by Crippen LogP contribution is 2.27. The van der Waals surface area contributed by atoms with Gasteiger partial charge in [0.1, 0.15) is 0 Å². The van der Waals surface area contributed by atoms with Gasteiger partial charge >= 0.3 is 0 Å². The van der Waals surface area contributed by atoms with Crippen LogP contribution in [-0.2, 0) is 0 Å². The van der Waals surface area contributed by atoms with Crippen LogP contribution in [0.4, 0.5) is 0 Å². The van der Waals surface area contributed by atoms with E-state index < -0.39 is 0 Å². The molecule has 2 aromatic heterocycles. The molecule has 3 rings (SSSR count). The van der Waals surface area contributed by atoms with Crippen molar-refractivity contribution in [1.82, 2.24) is 19.0 Å². The van der Waals surface area contributed by atoms with E-state index >= 15 is 0 Å². The number of benzene rings is 1. The van der Waals surface area contributed by atoms with Crippen molar-refractivity contribution >= 4 is 22.5 Å². The number of pyridine rings is 1. The van der Waals surface area contributed by atoms with Crippen LogP contribution in [0, 0.1) is 0 Å². The van der Waals surface area contributed by atoms with E-state index in [-0.39, 0.29) is 6.04 Å². The lowest BCUT2D eigenvalue weighted by molar-refractivity contribution is 0.593. The van der Waals surface area contributed by atoms with Gasteiger partial charge in [0.15, 0.2) is 0 Å². The maximum Gasteiger partial charge on any atom is 0.0957 e. The molecule has 0 aliphatic rings. The van der Waals surface area contributed by atoms with Crippen LogP contribution < -0.4 is 5.32 Å². The monoisotopic (exact) mass is 284 g/mol. The molecule has 0 fully saturated rings. The van der Waals surface area contributed by atoms with Crippen molar-refractivity contribution in [3.05, 3.63) is 54.1 Å². The summed E-state index contributed by atoms with van der Waals surface area (Å²) in [6.45, 7) is 3.11. The van der Waals surface area contributed by atoms with Crippen LogP contribution >= 0.6 is 11.7 Å². The van der Waals surface area contributed by atoms with Crippen molar-refractivity contribution in [2.24, 2.45) is 0 Å². The first-order chi connectivity index (χ1) is 9.90. The number of fused-ring (bicyclic) bond motifs is 1. The van der Waals surface area contributed by atoms with Crippen LogP contribution in [0.5, 0.6) is 0 Å². The van der Waals surface area contributed by atoms with E-state index in [0.29, 0.717) is 0 Å². The normalized spacial score (nSPS) is 12.7. The van der Waals surface area contributed by atoms with E-state index in [1.165, 1.54) is 22.7 Å². The van der Waals surface area contributed by atoms with Crippen LogP contribution in [0.15, 0.2) is 42.9 Å². The van der Waals surface area contributed by atoms with Gasteiger partial charge in [-0.2, -0.15) is 8.75 Å². The van der Waals surface area contributed by atoms with E-state index in [1.807, 2.05) is 18.6 Å². The first kappa shape index (κ1) is 13.1. The van der Waals surface area contributed by atoms with Crippen LogP contribution in [-0.4, -0.2) is 20.3 Å². The second kappa shape index (κ2) is 6.07. The first-order valence-corrected chi connectivity index (χ1v) is 7.46. The van der Waals surface area contributed by atoms with Gasteiger partial charge in [0.05, 0.1) is 29.7 Å². The van der Waals surface area contributed by atoms with Crippen molar-refractivity contribution in [3.63, 3.8) is 0 Å². The summed E-state index contributed by atoms with van der Waals surface area (Å²) in [5, 5.41) is 5.93. The number of nitrogens with one attached hydrogen (secondary N) is 1. The number of nitrogens with zero attached hydrogens (tertiary/aromatic N) is 3. The van der Waals surface area contributed by atoms with Gasteiger partial charge in [-0.15, -0.1) is 0 Å². The maximum absolute atomic E-state index is 4.41. The Bertz CT molecular complexity index is 676. The Hall–Kier alpha value is -1.85. The summed E-state index contributed by atoms with van der Waals surface area (Å²) >= 11 is 1.25. The number of aromatic nitrogens is 3. The zero-order valence-electron chi connectivity index (χ0n) is 11.3. The van der Waals surface area contributed by atoms with Crippen LogP contribution in [0.1, 0.15) is 30.6 Å². The molecule has 0 saturated carbocycles. The fraction of sp³-hybridized carbons (Fsp3) is 0.267. The third kappa shape index (κ3) is 2.55. The molecule has 102 valence electrons. The average molecular weight is 284 g/mol. The molecule has 1 unspecified atom stereocenters. The number of rotatable bonds is 5. The Balaban J connectivity index is 2.09. The molecule has 0 bridgehead atoms. The van der Waals surface area contributed by atoms with Gasteiger partial charge in [-0.1, -0.05) is 25.1 Å². The molecule has 0 saturated heterocycles. The molecule has 1 N–H and O–H groups in total. The first-order valence-electron chi connectivity index (χ1n) is 6.73. The summed E-state index contributed by atoms with van der Waals surface area (Å²) in [6.07, 6.45) is 6.66. The Morgan fingerprint density at radius 2 is 2.20 bits per heavy atom. The van der Waals surface area contributed by atoms with Crippen molar-refractivity contribution in [2.45, 2.75) is 19.4 Å². The third-order valence-corrected chi connectivity index (χ3v) is 3.79. The van der Waals surface area contributed by atoms with E-state index in [1.54, 1.807) is 0 Å². The zero-order valence-corrected chi connectivity index (χ0v) is 12.1. The van der Waals surface area contributed by atoms with Gasteiger partial charge in [0, 0.05) is 17.8 Å². The average Bonchev–Trinajstić information content (AvgIpc) is 3.02. The highest BCUT2D eigenvalue weighted by molar-refractivity contribution is 6.99. The number of hydrogen-bond acceptors (Lipinski definition) is 5. The van der Waals surface area contributed by atoms with Crippen LogP contribution in [0.2, 0.25) is 0 Å². The molecular formula is C15H16N4S. The molecule has 0 amide bonds. The van der Waals surface area contributed by atoms with Gasteiger partial charge in [-0.05, 0) is 30.0 Å². The molecule has 5 heteroatoms. The van der Waals surface area contributed by atoms with E-state index in [0.717, 1.165) is 24.0 Å². The maximum atomic E-state index is 4.41. The summed E-state index contributed by atoms with van der Waals surface area (Å²) in [5.41, 5.74) is 2.21. The second-order valence-electron chi connectivity index (χ2n) is 4.66. The molecule has 20 heavy (non-hydrogen) atoms.